The fourth-order valence-corrected chi connectivity index (χ4v) is 2.77. The molecule has 2 heteroatoms. The van der Waals surface area contributed by atoms with E-state index in [2.05, 4.69) is 36.5 Å². The summed E-state index contributed by atoms with van der Waals surface area (Å²) in [6.07, 6.45) is 8.11. The molecule has 1 N–H and O–H groups in total. The molecule has 0 aromatic heterocycles. The molecule has 2 nitrogen and oxygen atoms in total. The lowest BCUT2D eigenvalue weighted by molar-refractivity contribution is 0.300. The van der Waals surface area contributed by atoms with Crippen LogP contribution < -0.4 is 10.1 Å². The van der Waals surface area contributed by atoms with E-state index in [0.29, 0.717) is 6.10 Å². The predicted octanol–water partition coefficient (Wildman–Crippen LogP) is 3.61. The Labute approximate surface area is 110 Å². The maximum absolute atomic E-state index is 5.91. The molecule has 1 aromatic carbocycles. The number of benzene rings is 1. The molecule has 1 atom stereocenters. The Morgan fingerprint density at radius 3 is 2.94 bits per heavy atom. The molecule has 1 unspecified atom stereocenters. The molecule has 1 heterocycles. The molecule has 0 radical (unpaired) electrons. The topological polar surface area (TPSA) is 21.3 Å². The van der Waals surface area contributed by atoms with Gasteiger partial charge in [-0.3, -0.25) is 0 Å². The maximum atomic E-state index is 5.91. The van der Waals surface area contributed by atoms with Gasteiger partial charge in [-0.1, -0.05) is 25.0 Å². The molecule has 98 valence electrons. The summed E-state index contributed by atoms with van der Waals surface area (Å²) in [6.45, 7) is 3.46. The van der Waals surface area contributed by atoms with Crippen LogP contribution in [-0.2, 0) is 5.54 Å². The number of rotatable bonds is 3. The van der Waals surface area contributed by atoms with Crippen molar-refractivity contribution in [3.05, 3.63) is 29.8 Å². The molecule has 2 aliphatic rings. The molecule has 1 aromatic rings. The highest BCUT2D eigenvalue weighted by Gasteiger charge is 2.28. The van der Waals surface area contributed by atoms with E-state index in [-0.39, 0.29) is 5.54 Å². The lowest BCUT2D eigenvalue weighted by Crippen LogP contribution is -2.38. The molecule has 18 heavy (non-hydrogen) atoms. The van der Waals surface area contributed by atoms with Gasteiger partial charge in [-0.15, -0.1) is 0 Å². The normalized spacial score (nSPS) is 28.7. The Kier molecular flexibility index (Phi) is 3.29. The standard InChI is InChI=1S/C16H23NO/c1-16(10-3-2-4-11-17-16)13-6-5-7-15(12-13)18-14-8-9-14/h5-7,12,14,17H,2-4,8-11H2,1H3. The second-order valence-corrected chi connectivity index (χ2v) is 5.91. The average Bonchev–Trinajstić information content (AvgIpc) is 3.18. The van der Waals surface area contributed by atoms with E-state index < -0.39 is 0 Å². The van der Waals surface area contributed by atoms with Crippen molar-refractivity contribution in [3.8, 4) is 5.75 Å². The third-order valence-corrected chi connectivity index (χ3v) is 4.17. The molecule has 3 rings (SSSR count). The van der Waals surface area contributed by atoms with Gasteiger partial charge in [0.2, 0.25) is 0 Å². The Morgan fingerprint density at radius 2 is 2.11 bits per heavy atom. The van der Waals surface area contributed by atoms with Crippen LogP contribution in [0.3, 0.4) is 0 Å². The average molecular weight is 245 g/mol. The molecular formula is C16H23NO. The van der Waals surface area contributed by atoms with Crippen molar-refractivity contribution in [1.29, 1.82) is 0 Å². The summed E-state index contributed by atoms with van der Waals surface area (Å²) in [5, 5.41) is 3.71. The lowest BCUT2D eigenvalue weighted by Gasteiger charge is -2.30. The summed E-state index contributed by atoms with van der Waals surface area (Å²) < 4.78 is 5.91. The summed E-state index contributed by atoms with van der Waals surface area (Å²) in [5.74, 6) is 1.04. The van der Waals surface area contributed by atoms with E-state index in [1.807, 2.05) is 0 Å². The first kappa shape index (κ1) is 12.0. The number of ether oxygens (including phenoxy) is 1. The molecule has 1 aliphatic heterocycles. The highest BCUT2D eigenvalue weighted by atomic mass is 16.5. The Bertz CT molecular complexity index is 403. The first-order chi connectivity index (χ1) is 8.76. The summed E-state index contributed by atoms with van der Waals surface area (Å²) in [6, 6.07) is 8.68. The smallest absolute Gasteiger partial charge is 0.120 e. The summed E-state index contributed by atoms with van der Waals surface area (Å²) >= 11 is 0. The van der Waals surface area contributed by atoms with Crippen LogP contribution in [-0.4, -0.2) is 12.6 Å². The van der Waals surface area contributed by atoms with Crippen LogP contribution in [0.5, 0.6) is 5.75 Å². The summed E-state index contributed by atoms with van der Waals surface area (Å²) in [4.78, 5) is 0. The van der Waals surface area contributed by atoms with Crippen LogP contribution in [0.2, 0.25) is 0 Å². The van der Waals surface area contributed by atoms with Crippen molar-refractivity contribution >= 4 is 0 Å². The van der Waals surface area contributed by atoms with Crippen molar-refractivity contribution in [2.24, 2.45) is 0 Å². The van der Waals surface area contributed by atoms with E-state index in [1.165, 1.54) is 44.1 Å². The van der Waals surface area contributed by atoms with Gasteiger partial charge in [0.05, 0.1) is 6.10 Å². The second kappa shape index (κ2) is 4.93. The SMILES string of the molecule is CC1(c2cccc(OC3CC3)c2)CCCCCN1. The largest absolute Gasteiger partial charge is 0.490 e. The quantitative estimate of drug-likeness (QED) is 0.878. The Hall–Kier alpha value is -1.02. The van der Waals surface area contributed by atoms with E-state index >= 15 is 0 Å². The molecule has 0 amide bonds. The fraction of sp³-hybridized carbons (Fsp3) is 0.625. The molecule has 0 bridgehead atoms. The highest BCUT2D eigenvalue weighted by Crippen LogP contribution is 2.33. The molecule has 1 aliphatic carbocycles. The number of hydrogen-bond acceptors (Lipinski definition) is 2. The predicted molar refractivity (Wildman–Crippen MR) is 73.9 cm³/mol. The van der Waals surface area contributed by atoms with Gasteiger partial charge in [0.25, 0.3) is 0 Å². The molecule has 2 fully saturated rings. The van der Waals surface area contributed by atoms with Crippen molar-refractivity contribution in [2.45, 2.75) is 57.1 Å². The van der Waals surface area contributed by atoms with Gasteiger partial charge < -0.3 is 10.1 Å². The van der Waals surface area contributed by atoms with E-state index in [1.54, 1.807) is 0 Å². The zero-order valence-corrected chi connectivity index (χ0v) is 11.2. The van der Waals surface area contributed by atoms with E-state index in [9.17, 15) is 0 Å². The molecule has 1 saturated heterocycles. The van der Waals surface area contributed by atoms with Crippen molar-refractivity contribution in [3.63, 3.8) is 0 Å². The van der Waals surface area contributed by atoms with Crippen LogP contribution in [0, 0.1) is 0 Å². The maximum Gasteiger partial charge on any atom is 0.120 e. The molecule has 1 saturated carbocycles. The van der Waals surface area contributed by atoms with Crippen LogP contribution in [0.1, 0.15) is 51.0 Å². The summed E-state index contributed by atoms with van der Waals surface area (Å²) in [7, 11) is 0. The minimum atomic E-state index is 0.124. The lowest BCUT2D eigenvalue weighted by atomic mass is 9.87. The van der Waals surface area contributed by atoms with Gasteiger partial charge in [-0.2, -0.15) is 0 Å². The number of hydrogen-bond donors (Lipinski definition) is 1. The first-order valence-corrected chi connectivity index (χ1v) is 7.28. The van der Waals surface area contributed by atoms with Gasteiger partial charge >= 0.3 is 0 Å². The highest BCUT2D eigenvalue weighted by molar-refractivity contribution is 5.33. The van der Waals surface area contributed by atoms with Crippen LogP contribution in [0.15, 0.2) is 24.3 Å². The minimum Gasteiger partial charge on any atom is -0.490 e. The summed E-state index contributed by atoms with van der Waals surface area (Å²) in [5.41, 5.74) is 1.50. The van der Waals surface area contributed by atoms with Gasteiger partial charge in [0.1, 0.15) is 5.75 Å². The van der Waals surface area contributed by atoms with E-state index in [4.69, 9.17) is 4.74 Å². The Morgan fingerprint density at radius 1 is 1.22 bits per heavy atom. The molecule has 0 spiro atoms. The van der Waals surface area contributed by atoms with Crippen LogP contribution in [0.25, 0.3) is 0 Å². The zero-order valence-electron chi connectivity index (χ0n) is 11.2. The van der Waals surface area contributed by atoms with Crippen molar-refractivity contribution in [1.82, 2.24) is 5.32 Å². The van der Waals surface area contributed by atoms with Gasteiger partial charge in [-0.05, 0) is 56.8 Å². The third kappa shape index (κ3) is 2.69. The van der Waals surface area contributed by atoms with Crippen molar-refractivity contribution < 1.29 is 4.74 Å². The van der Waals surface area contributed by atoms with Crippen LogP contribution >= 0.6 is 0 Å². The Balaban J connectivity index is 1.80. The van der Waals surface area contributed by atoms with E-state index in [0.717, 1.165) is 12.3 Å². The zero-order chi connectivity index (χ0) is 12.4. The van der Waals surface area contributed by atoms with Crippen LogP contribution in [0.4, 0.5) is 0 Å². The third-order valence-electron chi connectivity index (χ3n) is 4.17. The fourth-order valence-electron chi connectivity index (χ4n) is 2.77. The van der Waals surface area contributed by atoms with Crippen molar-refractivity contribution in [2.75, 3.05) is 6.54 Å². The van der Waals surface area contributed by atoms with Gasteiger partial charge in [0, 0.05) is 5.54 Å². The van der Waals surface area contributed by atoms with Gasteiger partial charge in [0.15, 0.2) is 0 Å². The monoisotopic (exact) mass is 245 g/mol. The number of nitrogens with one attached hydrogen (secondary N) is 1. The second-order valence-electron chi connectivity index (χ2n) is 5.91. The minimum absolute atomic E-state index is 0.124. The molecular weight excluding hydrogens is 222 g/mol. The van der Waals surface area contributed by atoms with Gasteiger partial charge in [-0.25, -0.2) is 0 Å². The first-order valence-electron chi connectivity index (χ1n) is 7.28.